The van der Waals surface area contributed by atoms with E-state index in [1.165, 1.54) is 25.7 Å². The number of ether oxygens (including phenoxy) is 1. The Labute approximate surface area is 159 Å². The SMILES string of the molecule is O=C(N[C@H]1CCOC1)c1cccc(-c2ccc(N3CCCCCC3)nn2)c1. The summed E-state index contributed by atoms with van der Waals surface area (Å²) in [5, 5.41) is 11.9. The Kier molecular flexibility index (Phi) is 5.63. The summed E-state index contributed by atoms with van der Waals surface area (Å²) in [4.78, 5) is 14.8. The lowest BCUT2D eigenvalue weighted by Gasteiger charge is -2.20. The Morgan fingerprint density at radius 1 is 1.07 bits per heavy atom. The van der Waals surface area contributed by atoms with Gasteiger partial charge in [0.2, 0.25) is 0 Å². The van der Waals surface area contributed by atoms with Gasteiger partial charge < -0.3 is 15.0 Å². The molecule has 0 spiro atoms. The topological polar surface area (TPSA) is 67.3 Å². The van der Waals surface area contributed by atoms with Crippen LogP contribution >= 0.6 is 0 Å². The first-order valence-corrected chi connectivity index (χ1v) is 9.87. The van der Waals surface area contributed by atoms with Crippen molar-refractivity contribution in [2.75, 3.05) is 31.2 Å². The van der Waals surface area contributed by atoms with Crippen LogP contribution in [-0.4, -0.2) is 48.4 Å². The Hall–Kier alpha value is -2.47. The van der Waals surface area contributed by atoms with E-state index in [1.807, 2.05) is 36.4 Å². The van der Waals surface area contributed by atoms with Crippen molar-refractivity contribution < 1.29 is 9.53 Å². The van der Waals surface area contributed by atoms with Crippen molar-refractivity contribution in [3.8, 4) is 11.3 Å². The molecule has 0 aliphatic carbocycles. The van der Waals surface area contributed by atoms with Gasteiger partial charge in [-0.05, 0) is 43.5 Å². The van der Waals surface area contributed by atoms with Crippen molar-refractivity contribution in [2.24, 2.45) is 0 Å². The van der Waals surface area contributed by atoms with Crippen LogP contribution in [0, 0.1) is 0 Å². The molecular weight excluding hydrogens is 340 g/mol. The summed E-state index contributed by atoms with van der Waals surface area (Å²) in [6.45, 7) is 3.40. The third kappa shape index (κ3) is 4.45. The fourth-order valence-corrected chi connectivity index (χ4v) is 3.68. The van der Waals surface area contributed by atoms with Crippen LogP contribution in [0.25, 0.3) is 11.3 Å². The minimum Gasteiger partial charge on any atom is -0.379 e. The number of hydrogen-bond acceptors (Lipinski definition) is 5. The standard InChI is InChI=1S/C21H26N4O2/c26-21(22-18-10-13-27-15-18)17-7-5-6-16(14-17)19-8-9-20(24-23-19)25-11-3-1-2-4-12-25/h5-9,14,18H,1-4,10-13,15H2,(H,22,26)/t18-/m0/s1. The molecule has 1 aromatic carbocycles. The first kappa shape index (κ1) is 17.9. The van der Waals surface area contributed by atoms with Crippen LogP contribution in [0.1, 0.15) is 42.5 Å². The normalized spacial score (nSPS) is 20.3. The van der Waals surface area contributed by atoms with E-state index in [2.05, 4.69) is 20.4 Å². The van der Waals surface area contributed by atoms with Crippen LogP contribution in [0.5, 0.6) is 0 Å². The maximum absolute atomic E-state index is 12.5. The lowest BCUT2D eigenvalue weighted by molar-refractivity contribution is 0.0930. The van der Waals surface area contributed by atoms with Crippen LogP contribution in [0.15, 0.2) is 36.4 Å². The van der Waals surface area contributed by atoms with Gasteiger partial charge in [-0.2, -0.15) is 0 Å². The first-order valence-electron chi connectivity index (χ1n) is 9.87. The van der Waals surface area contributed by atoms with Crippen molar-refractivity contribution in [2.45, 2.75) is 38.1 Å². The molecule has 6 heteroatoms. The van der Waals surface area contributed by atoms with Crippen LogP contribution in [0.3, 0.4) is 0 Å². The van der Waals surface area contributed by atoms with Gasteiger partial charge >= 0.3 is 0 Å². The molecule has 6 nitrogen and oxygen atoms in total. The minimum absolute atomic E-state index is 0.0681. The lowest BCUT2D eigenvalue weighted by atomic mass is 10.1. The molecule has 2 fully saturated rings. The maximum Gasteiger partial charge on any atom is 0.251 e. The van der Waals surface area contributed by atoms with Crippen molar-refractivity contribution >= 4 is 11.7 Å². The Morgan fingerprint density at radius 3 is 2.63 bits per heavy atom. The lowest BCUT2D eigenvalue weighted by Crippen LogP contribution is -2.34. The van der Waals surface area contributed by atoms with E-state index >= 15 is 0 Å². The highest BCUT2D eigenvalue weighted by Crippen LogP contribution is 2.22. The van der Waals surface area contributed by atoms with Gasteiger partial charge in [0.25, 0.3) is 5.91 Å². The zero-order valence-electron chi connectivity index (χ0n) is 15.6. The van der Waals surface area contributed by atoms with Crippen molar-refractivity contribution in [3.05, 3.63) is 42.0 Å². The predicted molar refractivity (Wildman–Crippen MR) is 105 cm³/mol. The van der Waals surface area contributed by atoms with Crippen LogP contribution in [0.4, 0.5) is 5.82 Å². The van der Waals surface area contributed by atoms with E-state index in [4.69, 9.17) is 4.74 Å². The molecule has 1 atom stereocenters. The molecule has 0 bridgehead atoms. The molecule has 0 saturated carbocycles. The largest absolute Gasteiger partial charge is 0.379 e. The number of hydrogen-bond donors (Lipinski definition) is 1. The van der Waals surface area contributed by atoms with Gasteiger partial charge in [0.15, 0.2) is 5.82 Å². The van der Waals surface area contributed by atoms with Gasteiger partial charge in [0.1, 0.15) is 0 Å². The minimum atomic E-state index is -0.0681. The molecule has 1 N–H and O–H groups in total. The van der Waals surface area contributed by atoms with E-state index in [0.717, 1.165) is 36.6 Å². The summed E-state index contributed by atoms with van der Waals surface area (Å²) in [7, 11) is 0. The Balaban J connectivity index is 1.47. The molecule has 27 heavy (non-hydrogen) atoms. The van der Waals surface area contributed by atoms with Gasteiger partial charge in [-0.3, -0.25) is 4.79 Å². The number of aromatic nitrogens is 2. The number of carbonyl (C=O) groups excluding carboxylic acids is 1. The summed E-state index contributed by atoms with van der Waals surface area (Å²) in [6.07, 6.45) is 5.89. The number of anilines is 1. The molecule has 2 aliphatic rings. The molecule has 4 rings (SSSR count). The average molecular weight is 366 g/mol. The highest BCUT2D eigenvalue weighted by atomic mass is 16.5. The molecule has 1 aromatic heterocycles. The smallest absolute Gasteiger partial charge is 0.251 e. The second-order valence-electron chi connectivity index (χ2n) is 7.29. The van der Waals surface area contributed by atoms with Gasteiger partial charge in [0.05, 0.1) is 18.3 Å². The van der Waals surface area contributed by atoms with Crippen molar-refractivity contribution in [1.29, 1.82) is 0 Å². The highest BCUT2D eigenvalue weighted by Gasteiger charge is 2.19. The molecule has 0 unspecified atom stereocenters. The summed E-state index contributed by atoms with van der Waals surface area (Å²) >= 11 is 0. The van der Waals surface area contributed by atoms with Crippen LogP contribution < -0.4 is 10.2 Å². The predicted octanol–water partition coefficient (Wildman–Crippen LogP) is 3.04. The molecular formula is C21H26N4O2. The first-order chi connectivity index (χ1) is 13.3. The van der Waals surface area contributed by atoms with E-state index in [0.29, 0.717) is 18.8 Å². The molecule has 0 radical (unpaired) electrons. The average Bonchev–Trinajstić information content (AvgIpc) is 3.07. The van der Waals surface area contributed by atoms with E-state index in [-0.39, 0.29) is 11.9 Å². The number of rotatable bonds is 4. The summed E-state index contributed by atoms with van der Waals surface area (Å²) < 4.78 is 5.32. The monoisotopic (exact) mass is 366 g/mol. The molecule has 2 aromatic rings. The quantitative estimate of drug-likeness (QED) is 0.901. The molecule has 142 valence electrons. The number of benzene rings is 1. The number of carbonyl (C=O) groups is 1. The number of nitrogens with zero attached hydrogens (tertiary/aromatic N) is 3. The molecule has 2 aliphatic heterocycles. The number of amides is 1. The summed E-state index contributed by atoms with van der Waals surface area (Å²) in [5.41, 5.74) is 2.32. The fourth-order valence-electron chi connectivity index (χ4n) is 3.68. The molecule has 3 heterocycles. The third-order valence-corrected chi connectivity index (χ3v) is 5.27. The van der Waals surface area contributed by atoms with Crippen molar-refractivity contribution in [3.63, 3.8) is 0 Å². The van der Waals surface area contributed by atoms with Gasteiger partial charge in [0, 0.05) is 30.8 Å². The maximum atomic E-state index is 12.5. The third-order valence-electron chi connectivity index (χ3n) is 5.27. The Bertz CT molecular complexity index is 764. The number of nitrogens with one attached hydrogen (secondary N) is 1. The fraction of sp³-hybridized carbons (Fsp3) is 0.476. The van der Waals surface area contributed by atoms with Gasteiger partial charge in [-0.1, -0.05) is 25.0 Å². The van der Waals surface area contributed by atoms with Crippen LogP contribution in [0.2, 0.25) is 0 Å². The van der Waals surface area contributed by atoms with Gasteiger partial charge in [-0.15, -0.1) is 10.2 Å². The van der Waals surface area contributed by atoms with E-state index in [9.17, 15) is 4.79 Å². The van der Waals surface area contributed by atoms with Crippen LogP contribution in [-0.2, 0) is 4.74 Å². The van der Waals surface area contributed by atoms with Crippen molar-refractivity contribution in [1.82, 2.24) is 15.5 Å². The zero-order valence-corrected chi connectivity index (χ0v) is 15.6. The van der Waals surface area contributed by atoms with Gasteiger partial charge in [-0.25, -0.2) is 0 Å². The molecule has 1 amide bonds. The zero-order chi connectivity index (χ0) is 18.5. The summed E-state index contributed by atoms with van der Waals surface area (Å²) in [5.74, 6) is 0.872. The summed E-state index contributed by atoms with van der Waals surface area (Å²) in [6, 6.07) is 11.7. The van der Waals surface area contributed by atoms with E-state index < -0.39 is 0 Å². The second-order valence-corrected chi connectivity index (χ2v) is 7.29. The second kappa shape index (κ2) is 8.48. The molecule has 2 saturated heterocycles. The highest BCUT2D eigenvalue weighted by molar-refractivity contribution is 5.95. The van der Waals surface area contributed by atoms with E-state index in [1.54, 1.807) is 0 Å². The Morgan fingerprint density at radius 2 is 1.93 bits per heavy atom.